The number of carbonyl (C=O) groups excluding carboxylic acids is 2. The Bertz CT molecular complexity index is 635. The average molecular weight is 307 g/mol. The molecule has 0 aliphatic heterocycles. The molecule has 6 heteroatoms. The van der Waals surface area contributed by atoms with Crippen molar-refractivity contribution >= 4 is 23.8 Å². The van der Waals surface area contributed by atoms with Gasteiger partial charge in [0.1, 0.15) is 5.69 Å². The van der Waals surface area contributed by atoms with E-state index in [2.05, 4.69) is 10.3 Å². The molecule has 0 unspecified atom stereocenters. The van der Waals surface area contributed by atoms with Gasteiger partial charge in [0, 0.05) is 24.6 Å². The van der Waals surface area contributed by atoms with Crippen molar-refractivity contribution in [1.29, 1.82) is 0 Å². The molecule has 0 radical (unpaired) electrons. The molecule has 0 saturated carbocycles. The van der Waals surface area contributed by atoms with Gasteiger partial charge >= 0.3 is 0 Å². The molecule has 1 heterocycles. The predicted molar refractivity (Wildman–Crippen MR) is 80.2 cm³/mol. The third-order valence-electron chi connectivity index (χ3n) is 2.94. The zero-order chi connectivity index (χ0) is 15.2. The van der Waals surface area contributed by atoms with E-state index in [4.69, 9.17) is 16.3 Å². The highest BCUT2D eigenvalue weighted by Gasteiger charge is 2.15. The molecule has 2 N–H and O–H groups in total. The maximum absolute atomic E-state index is 11.7. The lowest BCUT2D eigenvalue weighted by atomic mass is 10.2. The number of aldehydes is 1. The van der Waals surface area contributed by atoms with Crippen molar-refractivity contribution in [2.45, 2.75) is 6.42 Å². The first-order chi connectivity index (χ1) is 10.1. The fourth-order valence-electron chi connectivity index (χ4n) is 1.86. The van der Waals surface area contributed by atoms with Gasteiger partial charge in [0.25, 0.3) is 5.91 Å². The molecule has 1 aromatic heterocycles. The Balaban J connectivity index is 2.02. The number of rotatable bonds is 6. The Morgan fingerprint density at radius 3 is 2.71 bits per heavy atom. The van der Waals surface area contributed by atoms with E-state index in [-0.39, 0.29) is 11.6 Å². The standard InChI is InChI=1S/C15H15ClN2O3/c1-17-15(20)14-13(8-12(9-19)18-14)21-7-6-10-2-4-11(16)5-3-10/h2-5,8-9,18H,6-7H2,1H3,(H,17,20). The van der Waals surface area contributed by atoms with Crippen LogP contribution < -0.4 is 10.1 Å². The zero-order valence-electron chi connectivity index (χ0n) is 11.5. The van der Waals surface area contributed by atoms with Crippen LogP contribution in [-0.4, -0.2) is 30.8 Å². The molecule has 0 spiro atoms. The highest BCUT2D eigenvalue weighted by atomic mass is 35.5. The van der Waals surface area contributed by atoms with Crippen molar-refractivity contribution in [2.75, 3.05) is 13.7 Å². The minimum Gasteiger partial charge on any atom is -0.491 e. The summed E-state index contributed by atoms with van der Waals surface area (Å²) in [6, 6.07) is 8.97. The van der Waals surface area contributed by atoms with Gasteiger partial charge in [-0.05, 0) is 17.7 Å². The summed E-state index contributed by atoms with van der Waals surface area (Å²) >= 11 is 5.82. The lowest BCUT2D eigenvalue weighted by molar-refractivity contribution is 0.0954. The molecule has 0 bridgehead atoms. The van der Waals surface area contributed by atoms with Crippen molar-refractivity contribution in [3.8, 4) is 5.75 Å². The molecule has 1 aromatic carbocycles. The van der Waals surface area contributed by atoms with Crippen LogP contribution in [0.2, 0.25) is 5.02 Å². The van der Waals surface area contributed by atoms with E-state index >= 15 is 0 Å². The van der Waals surface area contributed by atoms with Crippen LogP contribution in [0.15, 0.2) is 30.3 Å². The Morgan fingerprint density at radius 2 is 2.10 bits per heavy atom. The van der Waals surface area contributed by atoms with Gasteiger partial charge in [0.2, 0.25) is 0 Å². The quantitative estimate of drug-likeness (QED) is 0.805. The van der Waals surface area contributed by atoms with Crippen molar-refractivity contribution in [2.24, 2.45) is 0 Å². The molecule has 21 heavy (non-hydrogen) atoms. The second-order valence-corrected chi connectivity index (χ2v) is 4.82. The lowest BCUT2D eigenvalue weighted by Crippen LogP contribution is -2.19. The minimum atomic E-state index is -0.329. The van der Waals surface area contributed by atoms with Crippen LogP contribution in [0, 0.1) is 0 Å². The summed E-state index contributed by atoms with van der Waals surface area (Å²) < 4.78 is 5.59. The van der Waals surface area contributed by atoms with Crippen molar-refractivity contribution in [3.63, 3.8) is 0 Å². The summed E-state index contributed by atoms with van der Waals surface area (Å²) in [6.07, 6.45) is 1.31. The number of hydrogen-bond acceptors (Lipinski definition) is 3. The van der Waals surface area contributed by atoms with E-state index in [1.54, 1.807) is 0 Å². The molecule has 0 fully saturated rings. The Kier molecular flexibility index (Phi) is 5.00. The summed E-state index contributed by atoms with van der Waals surface area (Å²) in [6.45, 7) is 0.391. The number of carbonyl (C=O) groups is 2. The van der Waals surface area contributed by atoms with Gasteiger partial charge in [-0.2, -0.15) is 0 Å². The second-order valence-electron chi connectivity index (χ2n) is 4.39. The summed E-state index contributed by atoms with van der Waals surface area (Å²) in [5.41, 5.74) is 1.62. The maximum Gasteiger partial charge on any atom is 0.271 e. The summed E-state index contributed by atoms with van der Waals surface area (Å²) in [5, 5.41) is 3.18. The Hall–Kier alpha value is -2.27. The van der Waals surface area contributed by atoms with Crippen LogP contribution in [0.5, 0.6) is 5.75 Å². The van der Waals surface area contributed by atoms with Crippen molar-refractivity contribution in [3.05, 3.63) is 52.3 Å². The smallest absolute Gasteiger partial charge is 0.271 e. The average Bonchev–Trinajstić information content (AvgIpc) is 2.92. The molecule has 0 aliphatic carbocycles. The largest absolute Gasteiger partial charge is 0.491 e. The van der Waals surface area contributed by atoms with Gasteiger partial charge < -0.3 is 15.0 Å². The highest BCUT2D eigenvalue weighted by molar-refractivity contribution is 6.30. The first kappa shape index (κ1) is 15.1. The number of benzene rings is 1. The zero-order valence-corrected chi connectivity index (χ0v) is 12.2. The fraction of sp³-hybridized carbons (Fsp3) is 0.200. The molecule has 2 rings (SSSR count). The van der Waals surface area contributed by atoms with Crippen LogP contribution in [-0.2, 0) is 6.42 Å². The van der Waals surface area contributed by atoms with E-state index in [0.29, 0.717) is 35.8 Å². The molecule has 5 nitrogen and oxygen atoms in total. The van der Waals surface area contributed by atoms with Gasteiger partial charge in [-0.15, -0.1) is 0 Å². The van der Waals surface area contributed by atoms with E-state index in [1.807, 2.05) is 24.3 Å². The van der Waals surface area contributed by atoms with Gasteiger partial charge in [0.15, 0.2) is 12.0 Å². The van der Waals surface area contributed by atoms with E-state index in [0.717, 1.165) is 5.56 Å². The molecular formula is C15H15ClN2O3. The van der Waals surface area contributed by atoms with Crippen molar-refractivity contribution < 1.29 is 14.3 Å². The van der Waals surface area contributed by atoms with Crippen LogP contribution in [0.3, 0.4) is 0 Å². The van der Waals surface area contributed by atoms with Gasteiger partial charge in [0.05, 0.1) is 12.3 Å². The molecule has 0 saturated heterocycles. The minimum absolute atomic E-state index is 0.246. The number of hydrogen-bond donors (Lipinski definition) is 2. The van der Waals surface area contributed by atoms with Crippen LogP contribution in [0.4, 0.5) is 0 Å². The number of H-pyrrole nitrogens is 1. The molecule has 2 aromatic rings. The second kappa shape index (κ2) is 6.95. The topological polar surface area (TPSA) is 71.2 Å². The summed E-state index contributed by atoms with van der Waals surface area (Å²) in [5.74, 6) is 0.0370. The number of amides is 1. The number of aromatic amines is 1. The molecule has 0 aliphatic rings. The normalized spacial score (nSPS) is 10.2. The lowest BCUT2D eigenvalue weighted by Gasteiger charge is -2.06. The number of halogens is 1. The van der Waals surface area contributed by atoms with Gasteiger partial charge in [-0.3, -0.25) is 9.59 Å². The van der Waals surface area contributed by atoms with Gasteiger partial charge in [-0.1, -0.05) is 23.7 Å². The maximum atomic E-state index is 11.7. The molecule has 1 amide bonds. The van der Waals surface area contributed by atoms with Crippen LogP contribution >= 0.6 is 11.6 Å². The molecular weight excluding hydrogens is 292 g/mol. The molecule has 110 valence electrons. The first-order valence-electron chi connectivity index (χ1n) is 6.41. The van der Waals surface area contributed by atoms with Crippen LogP contribution in [0.1, 0.15) is 26.5 Å². The van der Waals surface area contributed by atoms with E-state index < -0.39 is 0 Å². The van der Waals surface area contributed by atoms with Gasteiger partial charge in [-0.25, -0.2) is 0 Å². The number of nitrogens with one attached hydrogen (secondary N) is 2. The fourth-order valence-corrected chi connectivity index (χ4v) is 1.98. The number of aromatic nitrogens is 1. The Morgan fingerprint density at radius 1 is 1.38 bits per heavy atom. The predicted octanol–water partition coefficient (Wildman–Crippen LogP) is 2.46. The third kappa shape index (κ3) is 3.86. The monoisotopic (exact) mass is 306 g/mol. The van der Waals surface area contributed by atoms with Crippen molar-refractivity contribution in [1.82, 2.24) is 10.3 Å². The first-order valence-corrected chi connectivity index (χ1v) is 6.79. The SMILES string of the molecule is CNC(=O)c1[nH]c(C=O)cc1OCCc1ccc(Cl)cc1. The summed E-state index contributed by atoms with van der Waals surface area (Å²) in [4.78, 5) is 25.2. The van der Waals surface area contributed by atoms with E-state index in [1.165, 1.54) is 13.1 Å². The number of ether oxygens (including phenoxy) is 1. The van der Waals surface area contributed by atoms with Crippen LogP contribution in [0.25, 0.3) is 0 Å². The Labute approximate surface area is 127 Å². The molecule has 0 atom stereocenters. The highest BCUT2D eigenvalue weighted by Crippen LogP contribution is 2.20. The third-order valence-corrected chi connectivity index (χ3v) is 3.20. The van der Waals surface area contributed by atoms with E-state index in [9.17, 15) is 9.59 Å². The summed E-state index contributed by atoms with van der Waals surface area (Å²) in [7, 11) is 1.52.